The molecule has 348 valence electrons. The molecular weight excluding hydrogens is 894 g/mol. The lowest BCUT2D eigenvalue weighted by molar-refractivity contribution is 0.0678. The maximum absolute atomic E-state index is 12.8. The van der Waals surface area contributed by atoms with Crippen LogP contribution in [0, 0.1) is 11.8 Å². The van der Waals surface area contributed by atoms with Crippen molar-refractivity contribution in [2.45, 2.75) is 84.2 Å². The van der Waals surface area contributed by atoms with E-state index in [-0.39, 0.29) is 29.7 Å². The minimum atomic E-state index is -0.0604. The summed E-state index contributed by atoms with van der Waals surface area (Å²) < 4.78 is 8.54. The number of aromatic nitrogens is 3. The first-order valence-electron chi connectivity index (χ1n) is 23.1. The minimum Gasteiger partial charge on any atom is -0.491 e. The number of pyridine rings is 2. The van der Waals surface area contributed by atoms with Crippen LogP contribution in [-0.4, -0.2) is 93.2 Å². The summed E-state index contributed by atoms with van der Waals surface area (Å²) in [5, 5.41) is 7.96. The maximum Gasteiger partial charge on any atom is 0.261 e. The molecule has 0 atom stereocenters. The summed E-state index contributed by atoms with van der Waals surface area (Å²) in [5.74, 6) is 2.12. The Morgan fingerprint density at radius 1 is 0.712 bits per heavy atom. The van der Waals surface area contributed by atoms with Gasteiger partial charge in [-0.15, -0.1) is 11.3 Å². The second kappa shape index (κ2) is 23.8. The SMILES string of the molecule is CC(C)Oc1ccc(C(=O)N2CCC(CCCCNC(=O)c3cc4ccncc4s3)CC2)cc1.O=C(NCCCCC1CCN(C(=O)c2ccc(Cl)c(Cl)c2)CC1)c1ccc2nccn2c1. The molecule has 2 saturated heterocycles. The highest BCUT2D eigenvalue weighted by molar-refractivity contribution is 7.20. The lowest BCUT2D eigenvalue weighted by Crippen LogP contribution is -2.38. The lowest BCUT2D eigenvalue weighted by atomic mass is 9.91. The molecule has 2 N–H and O–H groups in total. The number of amides is 4. The van der Waals surface area contributed by atoms with Crippen LogP contribution >= 0.6 is 34.5 Å². The van der Waals surface area contributed by atoms with Gasteiger partial charge >= 0.3 is 0 Å². The molecule has 0 saturated carbocycles. The van der Waals surface area contributed by atoms with Crippen molar-refractivity contribution in [1.29, 1.82) is 0 Å². The molecule has 8 rings (SSSR count). The van der Waals surface area contributed by atoms with Crippen molar-refractivity contribution >= 4 is 73.9 Å². The van der Waals surface area contributed by atoms with Crippen molar-refractivity contribution in [1.82, 2.24) is 34.8 Å². The molecule has 2 aromatic carbocycles. The smallest absolute Gasteiger partial charge is 0.261 e. The van der Waals surface area contributed by atoms with Crippen LogP contribution in [0.3, 0.4) is 0 Å². The van der Waals surface area contributed by atoms with E-state index in [1.807, 2.05) is 76.7 Å². The van der Waals surface area contributed by atoms with Crippen LogP contribution in [0.5, 0.6) is 5.75 Å². The highest BCUT2D eigenvalue weighted by Crippen LogP contribution is 2.28. The summed E-state index contributed by atoms with van der Waals surface area (Å²) in [4.78, 5) is 63.1. The number of hydrogen-bond donors (Lipinski definition) is 2. The molecule has 12 nitrogen and oxygen atoms in total. The Labute approximate surface area is 401 Å². The van der Waals surface area contributed by atoms with Gasteiger partial charge in [-0.3, -0.25) is 24.2 Å². The van der Waals surface area contributed by atoms with Crippen LogP contribution in [-0.2, 0) is 0 Å². The quantitative estimate of drug-likeness (QED) is 0.0921. The van der Waals surface area contributed by atoms with Crippen LogP contribution in [0.15, 0.2) is 97.7 Å². The van der Waals surface area contributed by atoms with Gasteiger partial charge in [0, 0.05) is 81.4 Å². The van der Waals surface area contributed by atoms with E-state index in [0.29, 0.717) is 46.1 Å². The molecule has 6 aromatic rings. The van der Waals surface area contributed by atoms with E-state index in [1.54, 1.807) is 49.1 Å². The molecule has 2 aliphatic heterocycles. The zero-order chi connectivity index (χ0) is 46.4. The number of carbonyl (C=O) groups excluding carboxylic acids is 4. The van der Waals surface area contributed by atoms with Gasteiger partial charge in [0.2, 0.25) is 0 Å². The third kappa shape index (κ3) is 13.5. The molecule has 0 spiro atoms. The number of carbonyl (C=O) groups is 4. The number of ether oxygens (including phenoxy) is 1. The molecular formula is C51H59Cl2N7O5S. The average molecular weight is 953 g/mol. The van der Waals surface area contributed by atoms with E-state index in [0.717, 1.165) is 122 Å². The fourth-order valence-electron chi connectivity index (χ4n) is 8.55. The monoisotopic (exact) mass is 951 g/mol. The number of imidazole rings is 1. The zero-order valence-corrected chi connectivity index (χ0v) is 40.1. The van der Waals surface area contributed by atoms with E-state index in [4.69, 9.17) is 27.9 Å². The first-order valence-corrected chi connectivity index (χ1v) is 24.7. The Kier molecular flexibility index (Phi) is 17.5. The van der Waals surface area contributed by atoms with Gasteiger partial charge in [-0.1, -0.05) is 48.9 Å². The highest BCUT2D eigenvalue weighted by atomic mass is 35.5. The summed E-state index contributed by atoms with van der Waals surface area (Å²) in [6, 6.07) is 20.0. The Morgan fingerprint density at radius 3 is 1.94 bits per heavy atom. The number of fused-ring (bicyclic) bond motifs is 2. The third-order valence-corrected chi connectivity index (χ3v) is 14.1. The zero-order valence-electron chi connectivity index (χ0n) is 37.7. The van der Waals surface area contributed by atoms with E-state index in [9.17, 15) is 19.2 Å². The Hall–Kier alpha value is -5.50. The second-order valence-electron chi connectivity index (χ2n) is 17.4. The van der Waals surface area contributed by atoms with Crippen LogP contribution in [0.25, 0.3) is 15.7 Å². The van der Waals surface area contributed by atoms with Gasteiger partial charge in [0.05, 0.1) is 31.3 Å². The summed E-state index contributed by atoms with van der Waals surface area (Å²) in [5.41, 5.74) is 2.77. The van der Waals surface area contributed by atoms with Gasteiger partial charge in [0.1, 0.15) is 11.4 Å². The fourth-order valence-corrected chi connectivity index (χ4v) is 9.80. The van der Waals surface area contributed by atoms with Crippen LogP contribution < -0.4 is 15.4 Å². The minimum absolute atomic E-state index is 0.00294. The topological polar surface area (TPSA) is 138 Å². The van der Waals surface area contributed by atoms with Crippen molar-refractivity contribution in [2.24, 2.45) is 11.8 Å². The number of piperidine rings is 2. The highest BCUT2D eigenvalue weighted by Gasteiger charge is 2.25. The summed E-state index contributed by atoms with van der Waals surface area (Å²) >= 11 is 13.5. The van der Waals surface area contributed by atoms with Gasteiger partial charge in [0.15, 0.2) is 0 Å². The number of rotatable bonds is 16. The largest absolute Gasteiger partial charge is 0.491 e. The van der Waals surface area contributed by atoms with Crippen LogP contribution in [0.4, 0.5) is 0 Å². The summed E-state index contributed by atoms with van der Waals surface area (Å²) in [6.45, 7) is 8.48. The van der Waals surface area contributed by atoms with Gasteiger partial charge in [0.25, 0.3) is 23.6 Å². The van der Waals surface area contributed by atoms with Gasteiger partial charge in [-0.2, -0.15) is 0 Å². The Balaban J connectivity index is 0.000000197. The lowest BCUT2D eigenvalue weighted by Gasteiger charge is -2.32. The van der Waals surface area contributed by atoms with Crippen molar-refractivity contribution in [3.05, 3.63) is 129 Å². The van der Waals surface area contributed by atoms with E-state index in [1.165, 1.54) is 11.3 Å². The molecule has 0 bridgehead atoms. The standard InChI is InChI=1S/C27H33N3O3S.C24H26Cl2N4O2/c1-19(2)33-23-8-6-21(7-9-23)27(32)30-15-11-20(12-16-30)5-3-4-13-29-26(31)24-17-22-10-14-28-18-25(22)34-24;25-20-6-4-18(15-21(20)26)24(32)29-12-8-17(9-13-29)3-1-2-10-28-23(31)19-5-7-22-27-11-14-30(22)16-19/h6-10,14,17-20H,3-5,11-13,15-16H2,1-2H3,(H,29,31);4-7,11,14-17H,1-3,8-10,12-13H2,(H,28,31). The number of unbranched alkanes of at least 4 members (excludes halogenated alkanes) is 2. The summed E-state index contributed by atoms with van der Waals surface area (Å²) in [6.07, 6.45) is 19.4. The number of thiophene rings is 1. The number of benzene rings is 2. The van der Waals surface area contributed by atoms with E-state index < -0.39 is 0 Å². The molecule has 0 aliphatic carbocycles. The first kappa shape index (κ1) is 48.4. The number of nitrogens with one attached hydrogen (secondary N) is 2. The second-order valence-corrected chi connectivity index (χ2v) is 19.3. The normalized spacial score (nSPS) is 14.6. The van der Waals surface area contributed by atoms with Crippen molar-refractivity contribution in [3.63, 3.8) is 0 Å². The third-order valence-electron chi connectivity index (χ3n) is 12.3. The molecule has 2 fully saturated rings. The maximum atomic E-state index is 12.8. The molecule has 66 heavy (non-hydrogen) atoms. The number of halogens is 2. The Morgan fingerprint density at radius 2 is 1.32 bits per heavy atom. The molecule has 6 heterocycles. The van der Waals surface area contributed by atoms with Crippen molar-refractivity contribution in [3.8, 4) is 5.75 Å². The molecule has 0 radical (unpaired) electrons. The number of hydrogen-bond acceptors (Lipinski definition) is 8. The molecule has 15 heteroatoms. The molecule has 2 aliphatic rings. The predicted octanol–water partition coefficient (Wildman–Crippen LogP) is 10.6. The van der Waals surface area contributed by atoms with Crippen LogP contribution in [0.1, 0.15) is 119 Å². The molecule has 4 aromatic heterocycles. The average Bonchev–Trinajstić information content (AvgIpc) is 4.00. The van der Waals surface area contributed by atoms with E-state index in [2.05, 4.69) is 20.6 Å². The van der Waals surface area contributed by atoms with Crippen LogP contribution in [0.2, 0.25) is 10.0 Å². The van der Waals surface area contributed by atoms with Gasteiger partial charge in [-0.25, -0.2) is 4.98 Å². The molecule has 4 amide bonds. The Bertz CT molecular complexity index is 2530. The molecule has 0 unspecified atom stereocenters. The van der Waals surface area contributed by atoms with E-state index >= 15 is 0 Å². The summed E-state index contributed by atoms with van der Waals surface area (Å²) in [7, 11) is 0. The van der Waals surface area contributed by atoms with Gasteiger partial charge < -0.3 is 29.6 Å². The van der Waals surface area contributed by atoms with Crippen molar-refractivity contribution < 1.29 is 23.9 Å². The number of likely N-dealkylation sites (tertiary alicyclic amines) is 2. The fraction of sp³-hybridized carbons (Fsp3) is 0.412. The number of nitrogens with zero attached hydrogens (tertiary/aromatic N) is 5. The van der Waals surface area contributed by atoms with Crippen molar-refractivity contribution in [2.75, 3.05) is 39.3 Å². The predicted molar refractivity (Wildman–Crippen MR) is 263 cm³/mol. The first-order chi connectivity index (χ1) is 32.0. The van der Waals surface area contributed by atoms with Gasteiger partial charge in [-0.05, 0) is 136 Å².